The van der Waals surface area contributed by atoms with Crippen molar-refractivity contribution in [1.29, 1.82) is 5.26 Å². The van der Waals surface area contributed by atoms with Crippen molar-refractivity contribution < 1.29 is 9.53 Å². The Hall–Kier alpha value is -1.12. The number of rotatable bonds is 7. The highest BCUT2D eigenvalue weighted by Gasteiger charge is 2.21. The Kier molecular flexibility index (Phi) is 6.60. The maximum Gasteiger partial charge on any atom is 0.224 e. The number of hydrogen-bond acceptors (Lipinski definition) is 4. The minimum atomic E-state index is 0.122. The number of hydrogen-bond donors (Lipinski definition) is 1. The third-order valence-corrected chi connectivity index (χ3v) is 2.99. The molecule has 5 nitrogen and oxygen atoms in total. The molecule has 1 heterocycles. The van der Waals surface area contributed by atoms with Crippen molar-refractivity contribution in [2.24, 2.45) is 0 Å². The van der Waals surface area contributed by atoms with Crippen LogP contribution in [0.25, 0.3) is 0 Å². The predicted molar refractivity (Wildman–Crippen MR) is 64.3 cm³/mol. The van der Waals surface area contributed by atoms with Gasteiger partial charge >= 0.3 is 0 Å². The van der Waals surface area contributed by atoms with Crippen molar-refractivity contribution in [2.45, 2.75) is 31.7 Å². The van der Waals surface area contributed by atoms with Gasteiger partial charge in [0.15, 0.2) is 0 Å². The van der Waals surface area contributed by atoms with Crippen LogP contribution < -0.4 is 5.32 Å². The summed E-state index contributed by atoms with van der Waals surface area (Å²) in [6.45, 7) is 2.61. The summed E-state index contributed by atoms with van der Waals surface area (Å²) in [6, 6.07) is 2.39. The molecule has 1 amide bonds. The van der Waals surface area contributed by atoms with Crippen molar-refractivity contribution in [1.82, 2.24) is 10.2 Å². The normalized spacial score (nSPS) is 18.9. The Labute approximate surface area is 103 Å². The lowest BCUT2D eigenvalue weighted by atomic mass is 10.1. The van der Waals surface area contributed by atoms with Crippen LogP contribution in [0.4, 0.5) is 0 Å². The van der Waals surface area contributed by atoms with E-state index in [1.807, 2.05) is 0 Å². The molecule has 5 heteroatoms. The first-order chi connectivity index (χ1) is 8.27. The molecule has 0 spiro atoms. The van der Waals surface area contributed by atoms with Gasteiger partial charge in [-0.25, -0.2) is 0 Å². The molecule has 1 aliphatic heterocycles. The second kappa shape index (κ2) is 8.04. The van der Waals surface area contributed by atoms with Crippen LogP contribution in [-0.2, 0) is 9.53 Å². The van der Waals surface area contributed by atoms with E-state index in [2.05, 4.69) is 11.4 Å². The maximum atomic E-state index is 12.0. The van der Waals surface area contributed by atoms with Gasteiger partial charge < -0.3 is 15.0 Å². The topological polar surface area (TPSA) is 65.4 Å². The quantitative estimate of drug-likeness (QED) is 0.703. The number of ether oxygens (including phenoxy) is 1. The van der Waals surface area contributed by atoms with Crippen LogP contribution in [0.2, 0.25) is 0 Å². The van der Waals surface area contributed by atoms with Crippen molar-refractivity contribution in [3.05, 3.63) is 0 Å². The molecule has 0 aliphatic carbocycles. The zero-order valence-corrected chi connectivity index (χ0v) is 10.4. The van der Waals surface area contributed by atoms with Crippen LogP contribution in [0.5, 0.6) is 0 Å². The minimum absolute atomic E-state index is 0.122. The summed E-state index contributed by atoms with van der Waals surface area (Å²) in [4.78, 5) is 13.8. The van der Waals surface area contributed by atoms with Gasteiger partial charge in [-0.2, -0.15) is 5.26 Å². The molecule has 1 atom stereocenters. The summed E-state index contributed by atoms with van der Waals surface area (Å²) in [5.41, 5.74) is 0. The van der Waals surface area contributed by atoms with Crippen LogP contribution in [0, 0.1) is 11.3 Å². The van der Waals surface area contributed by atoms with Crippen molar-refractivity contribution >= 4 is 5.91 Å². The lowest BCUT2D eigenvalue weighted by Crippen LogP contribution is -2.38. The molecule has 1 rings (SSSR count). The first kappa shape index (κ1) is 13.9. The molecule has 0 saturated carbocycles. The van der Waals surface area contributed by atoms with Crippen LogP contribution in [0.15, 0.2) is 0 Å². The van der Waals surface area contributed by atoms with Gasteiger partial charge in [0.2, 0.25) is 5.91 Å². The van der Waals surface area contributed by atoms with E-state index in [-0.39, 0.29) is 5.91 Å². The molecule has 0 aromatic rings. The molecule has 1 N–H and O–H groups in total. The van der Waals surface area contributed by atoms with E-state index in [0.29, 0.717) is 38.6 Å². The van der Waals surface area contributed by atoms with E-state index in [1.165, 1.54) is 0 Å². The van der Waals surface area contributed by atoms with E-state index in [4.69, 9.17) is 10.00 Å². The van der Waals surface area contributed by atoms with Gasteiger partial charge in [-0.05, 0) is 19.4 Å². The summed E-state index contributed by atoms with van der Waals surface area (Å²) < 4.78 is 4.98. The molecule has 96 valence electrons. The van der Waals surface area contributed by atoms with Gasteiger partial charge in [0.25, 0.3) is 0 Å². The van der Waals surface area contributed by atoms with E-state index < -0.39 is 0 Å². The molecular formula is C12H21N3O2. The molecule has 0 radical (unpaired) electrons. The van der Waals surface area contributed by atoms with Crippen LogP contribution in [-0.4, -0.2) is 50.2 Å². The second-order valence-corrected chi connectivity index (χ2v) is 4.28. The van der Waals surface area contributed by atoms with Crippen molar-refractivity contribution in [2.75, 3.05) is 33.4 Å². The molecule has 0 aromatic heterocycles. The van der Waals surface area contributed by atoms with E-state index in [0.717, 1.165) is 19.4 Å². The predicted octanol–water partition coefficient (Wildman–Crippen LogP) is 0.517. The monoisotopic (exact) mass is 239 g/mol. The Morgan fingerprint density at radius 2 is 2.41 bits per heavy atom. The van der Waals surface area contributed by atoms with Gasteiger partial charge in [0.1, 0.15) is 0 Å². The molecule has 0 bridgehead atoms. The maximum absolute atomic E-state index is 12.0. The molecule has 1 fully saturated rings. The summed E-state index contributed by atoms with van der Waals surface area (Å²) in [5.74, 6) is 0.122. The van der Waals surface area contributed by atoms with E-state index in [1.54, 1.807) is 12.0 Å². The molecule has 1 unspecified atom stereocenters. The zero-order chi connectivity index (χ0) is 12.5. The minimum Gasteiger partial charge on any atom is -0.383 e. The first-order valence-electron chi connectivity index (χ1n) is 6.15. The Morgan fingerprint density at radius 1 is 1.59 bits per heavy atom. The van der Waals surface area contributed by atoms with Gasteiger partial charge in [-0.3, -0.25) is 4.79 Å². The number of nitriles is 1. The third kappa shape index (κ3) is 5.16. The fourth-order valence-electron chi connectivity index (χ4n) is 2.02. The fraction of sp³-hybridized carbons (Fsp3) is 0.833. The molecule has 1 aliphatic rings. The zero-order valence-electron chi connectivity index (χ0n) is 10.4. The van der Waals surface area contributed by atoms with Crippen LogP contribution >= 0.6 is 0 Å². The highest BCUT2D eigenvalue weighted by Crippen LogP contribution is 2.10. The number of nitrogens with one attached hydrogen (secondary N) is 1. The highest BCUT2D eigenvalue weighted by molar-refractivity contribution is 5.76. The van der Waals surface area contributed by atoms with Crippen LogP contribution in [0.1, 0.15) is 25.7 Å². The standard InChI is InChI=1S/C12H21N3O2/c1-17-9-8-15(7-3-5-13)12(16)10-11-4-2-6-14-11/h11,14H,2-4,6-10H2,1H3. The molecule has 17 heavy (non-hydrogen) atoms. The second-order valence-electron chi connectivity index (χ2n) is 4.28. The number of carbonyl (C=O) groups excluding carboxylic acids is 1. The molecule has 1 saturated heterocycles. The summed E-state index contributed by atoms with van der Waals surface area (Å²) in [7, 11) is 1.62. The van der Waals surface area contributed by atoms with Crippen LogP contribution in [0.3, 0.4) is 0 Å². The first-order valence-corrected chi connectivity index (χ1v) is 6.15. The molecule has 0 aromatic carbocycles. The van der Waals surface area contributed by atoms with Crippen molar-refractivity contribution in [3.63, 3.8) is 0 Å². The van der Waals surface area contributed by atoms with Gasteiger partial charge in [0.05, 0.1) is 19.1 Å². The van der Waals surface area contributed by atoms with Gasteiger partial charge in [0, 0.05) is 32.7 Å². The Morgan fingerprint density at radius 3 is 3.00 bits per heavy atom. The largest absolute Gasteiger partial charge is 0.383 e. The van der Waals surface area contributed by atoms with E-state index in [9.17, 15) is 4.79 Å². The third-order valence-electron chi connectivity index (χ3n) is 2.99. The fourth-order valence-corrected chi connectivity index (χ4v) is 2.02. The number of amides is 1. The summed E-state index contributed by atoms with van der Waals surface area (Å²) in [6.07, 6.45) is 3.14. The smallest absolute Gasteiger partial charge is 0.224 e. The average Bonchev–Trinajstić information content (AvgIpc) is 2.82. The number of carbonyl (C=O) groups is 1. The number of nitrogens with zero attached hydrogens (tertiary/aromatic N) is 2. The average molecular weight is 239 g/mol. The number of methoxy groups -OCH3 is 1. The van der Waals surface area contributed by atoms with Gasteiger partial charge in [-0.1, -0.05) is 0 Å². The Balaban J connectivity index is 2.37. The summed E-state index contributed by atoms with van der Waals surface area (Å²) >= 11 is 0. The summed E-state index contributed by atoms with van der Waals surface area (Å²) in [5, 5.41) is 11.9. The molecular weight excluding hydrogens is 218 g/mol. The van der Waals surface area contributed by atoms with Crippen molar-refractivity contribution in [3.8, 4) is 6.07 Å². The lowest BCUT2D eigenvalue weighted by Gasteiger charge is -2.23. The van der Waals surface area contributed by atoms with E-state index >= 15 is 0 Å². The Bertz CT molecular complexity index is 269. The van der Waals surface area contributed by atoms with Gasteiger partial charge in [-0.15, -0.1) is 0 Å². The highest BCUT2D eigenvalue weighted by atomic mass is 16.5. The lowest BCUT2D eigenvalue weighted by molar-refractivity contribution is -0.132. The SMILES string of the molecule is COCCN(CCC#N)C(=O)CC1CCCN1.